The normalized spacial score (nSPS) is 16.4. The second kappa shape index (κ2) is 3.77. The van der Waals surface area contributed by atoms with Crippen LogP contribution in [0.25, 0.3) is 0 Å². The van der Waals surface area contributed by atoms with Gasteiger partial charge >= 0.3 is 0 Å². The Labute approximate surface area is 97.0 Å². The van der Waals surface area contributed by atoms with Gasteiger partial charge in [-0.3, -0.25) is 0 Å². The molecule has 0 atom stereocenters. The molecule has 2 rings (SSSR count). The molecule has 0 heterocycles. The maximum Gasteiger partial charge on any atom is 0.240 e. The van der Waals surface area contributed by atoms with Gasteiger partial charge in [-0.15, -0.1) is 0 Å². The number of rotatable bonds is 3. The van der Waals surface area contributed by atoms with Gasteiger partial charge in [-0.2, -0.15) is 0 Å². The molecule has 4 nitrogen and oxygen atoms in total. The summed E-state index contributed by atoms with van der Waals surface area (Å²) in [6.07, 6.45) is 2.16. The van der Waals surface area contributed by atoms with Crippen LogP contribution in [0, 0.1) is 0 Å². The number of halogens is 1. The highest BCUT2D eigenvalue weighted by Gasteiger charge is 2.24. The average molecular weight is 291 g/mol. The standard InChI is InChI=1S/C9H11BrN2O2S/c10-6-1-4-9(15(11,13)14)8(5-6)12-7-2-3-7/h1,4-5,7,12H,2-3H2,(H2,11,13,14). The third-order valence-corrected chi connectivity index (χ3v) is 3.65. The second-order valence-electron chi connectivity index (χ2n) is 3.60. The number of anilines is 1. The van der Waals surface area contributed by atoms with Crippen LogP contribution in [0.2, 0.25) is 0 Å². The molecule has 1 aliphatic rings. The summed E-state index contributed by atoms with van der Waals surface area (Å²) in [6.45, 7) is 0. The van der Waals surface area contributed by atoms with E-state index in [1.165, 1.54) is 6.07 Å². The lowest BCUT2D eigenvalue weighted by Crippen LogP contribution is -2.15. The van der Waals surface area contributed by atoms with Gasteiger partial charge < -0.3 is 5.32 Å². The van der Waals surface area contributed by atoms with E-state index in [1.54, 1.807) is 12.1 Å². The van der Waals surface area contributed by atoms with E-state index in [1.807, 2.05) is 0 Å². The summed E-state index contributed by atoms with van der Waals surface area (Å²) < 4.78 is 23.4. The average Bonchev–Trinajstić information content (AvgIpc) is 2.85. The molecular weight excluding hydrogens is 280 g/mol. The molecule has 82 valence electrons. The number of hydrogen-bond acceptors (Lipinski definition) is 3. The Kier molecular flexibility index (Phi) is 2.74. The Morgan fingerprint density at radius 1 is 1.40 bits per heavy atom. The summed E-state index contributed by atoms with van der Waals surface area (Å²) in [7, 11) is -3.65. The quantitative estimate of drug-likeness (QED) is 0.889. The highest BCUT2D eigenvalue weighted by molar-refractivity contribution is 9.10. The molecular formula is C9H11BrN2O2S. The minimum absolute atomic E-state index is 0.151. The molecule has 1 aromatic carbocycles. The van der Waals surface area contributed by atoms with E-state index in [9.17, 15) is 8.42 Å². The molecule has 1 saturated carbocycles. The van der Waals surface area contributed by atoms with Gasteiger partial charge in [0.1, 0.15) is 4.90 Å². The van der Waals surface area contributed by atoms with Gasteiger partial charge in [-0.1, -0.05) is 15.9 Å². The van der Waals surface area contributed by atoms with Crippen molar-refractivity contribution < 1.29 is 8.42 Å². The molecule has 0 aliphatic heterocycles. The second-order valence-corrected chi connectivity index (χ2v) is 6.05. The predicted octanol–water partition coefficient (Wildman–Crippen LogP) is 1.67. The molecule has 0 bridgehead atoms. The Morgan fingerprint density at radius 3 is 2.60 bits per heavy atom. The molecule has 1 fully saturated rings. The molecule has 6 heteroatoms. The number of nitrogens with one attached hydrogen (secondary N) is 1. The fourth-order valence-electron chi connectivity index (χ4n) is 1.31. The van der Waals surface area contributed by atoms with Crippen molar-refractivity contribution in [3.8, 4) is 0 Å². The van der Waals surface area contributed by atoms with Crippen molar-refractivity contribution in [3.63, 3.8) is 0 Å². The van der Waals surface area contributed by atoms with Crippen molar-refractivity contribution >= 4 is 31.6 Å². The van der Waals surface area contributed by atoms with Crippen LogP contribution in [0.15, 0.2) is 27.6 Å². The van der Waals surface area contributed by atoms with Crippen LogP contribution < -0.4 is 10.5 Å². The van der Waals surface area contributed by atoms with E-state index in [0.29, 0.717) is 11.7 Å². The molecule has 15 heavy (non-hydrogen) atoms. The maximum absolute atomic E-state index is 11.3. The molecule has 0 amide bonds. The maximum atomic E-state index is 11.3. The van der Waals surface area contributed by atoms with Crippen molar-refractivity contribution in [3.05, 3.63) is 22.7 Å². The van der Waals surface area contributed by atoms with Crippen LogP contribution in [-0.2, 0) is 10.0 Å². The van der Waals surface area contributed by atoms with Crippen molar-refractivity contribution in [1.29, 1.82) is 0 Å². The van der Waals surface area contributed by atoms with Crippen molar-refractivity contribution in [2.75, 3.05) is 5.32 Å². The number of sulfonamides is 1. The lowest BCUT2D eigenvalue weighted by Gasteiger charge is -2.10. The summed E-state index contributed by atoms with van der Waals surface area (Å²) in [5.74, 6) is 0. The first-order valence-corrected chi connectivity index (χ1v) is 6.89. The Hall–Kier alpha value is -0.590. The van der Waals surface area contributed by atoms with Crippen LogP contribution in [0.5, 0.6) is 0 Å². The van der Waals surface area contributed by atoms with E-state index in [2.05, 4.69) is 21.2 Å². The van der Waals surface area contributed by atoms with Crippen LogP contribution >= 0.6 is 15.9 Å². The monoisotopic (exact) mass is 290 g/mol. The lowest BCUT2D eigenvalue weighted by molar-refractivity contribution is 0.598. The summed E-state index contributed by atoms with van der Waals surface area (Å²) >= 11 is 3.30. The van der Waals surface area contributed by atoms with Gasteiger partial charge in [-0.05, 0) is 31.0 Å². The summed E-state index contributed by atoms with van der Waals surface area (Å²) in [6, 6.07) is 5.29. The van der Waals surface area contributed by atoms with Crippen molar-refractivity contribution in [2.45, 2.75) is 23.8 Å². The summed E-state index contributed by atoms with van der Waals surface area (Å²) in [5, 5.41) is 8.26. The number of nitrogens with two attached hydrogens (primary N) is 1. The first-order valence-electron chi connectivity index (χ1n) is 4.56. The SMILES string of the molecule is NS(=O)(=O)c1ccc(Br)cc1NC1CC1. The Balaban J connectivity index is 2.43. The first-order chi connectivity index (χ1) is 6.97. The Morgan fingerprint density at radius 2 is 2.07 bits per heavy atom. The molecule has 0 radical (unpaired) electrons. The van der Waals surface area contributed by atoms with E-state index in [0.717, 1.165) is 17.3 Å². The zero-order chi connectivity index (χ0) is 11.1. The fourth-order valence-corrected chi connectivity index (χ4v) is 2.35. The number of primary sulfonamides is 1. The Bertz CT molecular complexity index is 483. The molecule has 0 aromatic heterocycles. The topological polar surface area (TPSA) is 72.2 Å². The highest BCUT2D eigenvalue weighted by Crippen LogP contribution is 2.30. The zero-order valence-electron chi connectivity index (χ0n) is 7.90. The molecule has 0 unspecified atom stereocenters. The lowest BCUT2D eigenvalue weighted by atomic mass is 10.3. The highest BCUT2D eigenvalue weighted by atomic mass is 79.9. The number of benzene rings is 1. The molecule has 1 aromatic rings. The van der Waals surface area contributed by atoms with Gasteiger partial charge in [0.2, 0.25) is 10.0 Å². The van der Waals surface area contributed by atoms with Crippen LogP contribution in [-0.4, -0.2) is 14.5 Å². The van der Waals surface area contributed by atoms with Crippen LogP contribution in [0.3, 0.4) is 0 Å². The van der Waals surface area contributed by atoms with Gasteiger partial charge in [0.05, 0.1) is 5.69 Å². The smallest absolute Gasteiger partial charge is 0.240 e. The van der Waals surface area contributed by atoms with Crippen LogP contribution in [0.1, 0.15) is 12.8 Å². The molecule has 0 spiro atoms. The number of hydrogen-bond donors (Lipinski definition) is 2. The van der Waals surface area contributed by atoms with E-state index in [4.69, 9.17) is 5.14 Å². The minimum Gasteiger partial charge on any atom is -0.381 e. The largest absolute Gasteiger partial charge is 0.381 e. The van der Waals surface area contributed by atoms with E-state index in [-0.39, 0.29) is 4.90 Å². The van der Waals surface area contributed by atoms with Gasteiger partial charge in [0, 0.05) is 10.5 Å². The summed E-state index contributed by atoms with van der Waals surface area (Å²) in [4.78, 5) is 0.151. The van der Waals surface area contributed by atoms with Gasteiger partial charge in [0.15, 0.2) is 0 Å². The fraction of sp³-hybridized carbons (Fsp3) is 0.333. The molecule has 0 saturated heterocycles. The predicted molar refractivity (Wildman–Crippen MR) is 62.2 cm³/mol. The van der Waals surface area contributed by atoms with Gasteiger partial charge in [0.25, 0.3) is 0 Å². The molecule has 3 N–H and O–H groups in total. The summed E-state index contributed by atoms with van der Waals surface area (Å²) in [5.41, 5.74) is 0.578. The van der Waals surface area contributed by atoms with Crippen molar-refractivity contribution in [2.24, 2.45) is 5.14 Å². The third kappa shape index (κ3) is 2.70. The third-order valence-electron chi connectivity index (χ3n) is 2.19. The van der Waals surface area contributed by atoms with Gasteiger partial charge in [-0.25, -0.2) is 13.6 Å². The van der Waals surface area contributed by atoms with E-state index >= 15 is 0 Å². The zero-order valence-corrected chi connectivity index (χ0v) is 10.3. The van der Waals surface area contributed by atoms with E-state index < -0.39 is 10.0 Å². The minimum atomic E-state index is -3.65. The molecule has 1 aliphatic carbocycles. The first kappa shape index (κ1) is 10.9. The van der Waals surface area contributed by atoms with Crippen LogP contribution in [0.4, 0.5) is 5.69 Å². The van der Waals surface area contributed by atoms with Crippen molar-refractivity contribution in [1.82, 2.24) is 0 Å².